The third kappa shape index (κ3) is 2.31. The minimum Gasteiger partial charge on any atom is -0.481 e. The maximum atomic E-state index is 5.75. The predicted octanol–water partition coefficient (Wildman–Crippen LogP) is 2.87. The second kappa shape index (κ2) is 4.77. The van der Waals surface area contributed by atoms with Gasteiger partial charge in [0.05, 0.1) is 12.6 Å². The van der Waals surface area contributed by atoms with Crippen molar-refractivity contribution in [2.24, 2.45) is 0 Å². The zero-order valence-corrected chi connectivity index (χ0v) is 12.3. The molecule has 0 saturated carbocycles. The molecule has 21 heavy (non-hydrogen) atoms. The molecule has 3 aromatic rings. The SMILES string of the molecule is COc1ccc2[nH]c(C(C)(C)c3ccc(N)cc3)nc2n1. The molecular weight excluding hydrogens is 264 g/mol. The highest BCUT2D eigenvalue weighted by atomic mass is 16.5. The molecule has 0 amide bonds. The highest BCUT2D eigenvalue weighted by Crippen LogP contribution is 2.31. The molecule has 3 N–H and O–H groups in total. The van der Waals surface area contributed by atoms with Crippen molar-refractivity contribution in [1.82, 2.24) is 15.0 Å². The van der Waals surface area contributed by atoms with Gasteiger partial charge in [-0.15, -0.1) is 0 Å². The van der Waals surface area contributed by atoms with Crippen LogP contribution in [0.5, 0.6) is 5.88 Å². The Morgan fingerprint density at radius 3 is 2.43 bits per heavy atom. The van der Waals surface area contributed by atoms with Crippen LogP contribution in [-0.2, 0) is 5.41 Å². The number of H-pyrrole nitrogens is 1. The van der Waals surface area contributed by atoms with Crippen LogP contribution in [0.15, 0.2) is 36.4 Å². The smallest absolute Gasteiger partial charge is 0.215 e. The fourth-order valence-corrected chi connectivity index (χ4v) is 2.32. The summed E-state index contributed by atoms with van der Waals surface area (Å²) < 4.78 is 5.14. The highest BCUT2D eigenvalue weighted by Gasteiger charge is 2.27. The van der Waals surface area contributed by atoms with E-state index in [4.69, 9.17) is 10.5 Å². The summed E-state index contributed by atoms with van der Waals surface area (Å²) in [6, 6.07) is 11.6. The van der Waals surface area contributed by atoms with Crippen molar-refractivity contribution in [2.45, 2.75) is 19.3 Å². The molecular formula is C16H18N4O. The van der Waals surface area contributed by atoms with Gasteiger partial charge in [-0.1, -0.05) is 12.1 Å². The molecule has 3 rings (SSSR count). The van der Waals surface area contributed by atoms with Crippen LogP contribution < -0.4 is 10.5 Å². The van der Waals surface area contributed by atoms with Gasteiger partial charge in [0.25, 0.3) is 0 Å². The number of pyridine rings is 1. The minimum absolute atomic E-state index is 0.262. The average molecular weight is 282 g/mol. The summed E-state index contributed by atoms with van der Waals surface area (Å²) in [6.45, 7) is 4.24. The number of nitrogens with one attached hydrogen (secondary N) is 1. The van der Waals surface area contributed by atoms with E-state index >= 15 is 0 Å². The van der Waals surface area contributed by atoms with E-state index in [0.29, 0.717) is 11.5 Å². The zero-order chi connectivity index (χ0) is 15.0. The molecule has 1 aromatic carbocycles. The van der Waals surface area contributed by atoms with Crippen LogP contribution in [0.4, 0.5) is 5.69 Å². The molecule has 108 valence electrons. The number of anilines is 1. The largest absolute Gasteiger partial charge is 0.481 e. The second-order valence-corrected chi connectivity index (χ2v) is 5.56. The lowest BCUT2D eigenvalue weighted by Crippen LogP contribution is -2.20. The Morgan fingerprint density at radius 2 is 1.76 bits per heavy atom. The fraction of sp³-hybridized carbons (Fsp3) is 0.250. The topological polar surface area (TPSA) is 76.8 Å². The fourth-order valence-electron chi connectivity index (χ4n) is 2.32. The number of ether oxygens (including phenoxy) is 1. The number of benzene rings is 1. The van der Waals surface area contributed by atoms with Gasteiger partial charge in [0.2, 0.25) is 5.88 Å². The number of fused-ring (bicyclic) bond motifs is 1. The minimum atomic E-state index is -0.262. The van der Waals surface area contributed by atoms with Crippen LogP contribution in [0, 0.1) is 0 Å². The Morgan fingerprint density at radius 1 is 1.05 bits per heavy atom. The molecule has 0 fully saturated rings. The first kappa shape index (κ1) is 13.4. The van der Waals surface area contributed by atoms with Gasteiger partial charge in [0, 0.05) is 17.2 Å². The summed E-state index contributed by atoms with van der Waals surface area (Å²) in [6.07, 6.45) is 0. The summed E-state index contributed by atoms with van der Waals surface area (Å²) >= 11 is 0. The number of aromatic amines is 1. The standard InChI is InChI=1S/C16H18N4O/c1-16(2,10-4-6-11(17)7-5-10)15-18-12-8-9-13(21-3)19-14(12)20-15/h4-9H,17H2,1-3H3,(H,18,19,20). The van der Waals surface area contributed by atoms with Crippen LogP contribution in [-0.4, -0.2) is 22.1 Å². The molecule has 0 aliphatic heterocycles. The Hall–Kier alpha value is -2.56. The number of hydrogen-bond donors (Lipinski definition) is 2. The number of imidazole rings is 1. The van der Waals surface area contributed by atoms with Gasteiger partial charge in [-0.2, -0.15) is 4.98 Å². The lowest BCUT2D eigenvalue weighted by Gasteiger charge is -2.22. The van der Waals surface area contributed by atoms with Crippen LogP contribution in [0.2, 0.25) is 0 Å². The molecule has 0 bridgehead atoms. The van der Waals surface area contributed by atoms with E-state index in [-0.39, 0.29) is 5.41 Å². The number of nitrogen functional groups attached to an aromatic ring is 1. The van der Waals surface area contributed by atoms with E-state index in [0.717, 1.165) is 22.6 Å². The molecule has 0 unspecified atom stereocenters. The maximum absolute atomic E-state index is 5.75. The van der Waals surface area contributed by atoms with Crippen molar-refractivity contribution in [3.8, 4) is 5.88 Å². The lowest BCUT2D eigenvalue weighted by molar-refractivity contribution is 0.399. The maximum Gasteiger partial charge on any atom is 0.215 e. The van der Waals surface area contributed by atoms with E-state index in [2.05, 4.69) is 28.8 Å². The van der Waals surface area contributed by atoms with Crippen molar-refractivity contribution in [3.05, 3.63) is 47.8 Å². The molecule has 0 aliphatic rings. The van der Waals surface area contributed by atoms with Crippen LogP contribution in [0.25, 0.3) is 11.2 Å². The number of nitrogens with zero attached hydrogens (tertiary/aromatic N) is 2. The Balaban J connectivity index is 2.07. The summed E-state index contributed by atoms with van der Waals surface area (Å²) in [7, 11) is 1.60. The summed E-state index contributed by atoms with van der Waals surface area (Å²) in [5, 5.41) is 0. The van der Waals surface area contributed by atoms with Crippen molar-refractivity contribution >= 4 is 16.9 Å². The van der Waals surface area contributed by atoms with Gasteiger partial charge in [-0.3, -0.25) is 0 Å². The quantitative estimate of drug-likeness (QED) is 0.724. The van der Waals surface area contributed by atoms with E-state index in [9.17, 15) is 0 Å². The number of aromatic nitrogens is 3. The number of methoxy groups -OCH3 is 1. The summed E-state index contributed by atoms with van der Waals surface area (Å²) in [4.78, 5) is 12.3. The van der Waals surface area contributed by atoms with Gasteiger partial charge in [-0.25, -0.2) is 4.98 Å². The molecule has 5 heteroatoms. The third-order valence-corrected chi connectivity index (χ3v) is 3.75. The van der Waals surface area contributed by atoms with Crippen molar-refractivity contribution in [1.29, 1.82) is 0 Å². The van der Waals surface area contributed by atoms with Gasteiger partial charge >= 0.3 is 0 Å². The number of rotatable bonds is 3. The Bertz CT molecular complexity index is 775. The first-order valence-electron chi connectivity index (χ1n) is 6.78. The van der Waals surface area contributed by atoms with Crippen LogP contribution in [0.3, 0.4) is 0 Å². The summed E-state index contributed by atoms with van der Waals surface area (Å²) in [5.41, 5.74) is 8.95. The number of nitrogens with two attached hydrogens (primary N) is 1. The van der Waals surface area contributed by atoms with Gasteiger partial charge in [0.1, 0.15) is 5.82 Å². The lowest BCUT2D eigenvalue weighted by atomic mass is 9.84. The summed E-state index contributed by atoms with van der Waals surface area (Å²) in [5.74, 6) is 1.42. The van der Waals surface area contributed by atoms with Gasteiger partial charge in [0.15, 0.2) is 5.65 Å². The molecule has 0 saturated heterocycles. The van der Waals surface area contributed by atoms with Gasteiger partial charge < -0.3 is 15.5 Å². The molecule has 5 nitrogen and oxygen atoms in total. The normalized spacial score (nSPS) is 11.8. The van der Waals surface area contributed by atoms with Crippen LogP contribution in [0.1, 0.15) is 25.2 Å². The Kier molecular flexibility index (Phi) is 3.05. The molecule has 2 aromatic heterocycles. The average Bonchev–Trinajstić information content (AvgIpc) is 2.91. The molecule has 0 aliphatic carbocycles. The van der Waals surface area contributed by atoms with E-state index in [1.54, 1.807) is 7.11 Å². The van der Waals surface area contributed by atoms with E-state index in [1.165, 1.54) is 0 Å². The van der Waals surface area contributed by atoms with Crippen LogP contribution >= 0.6 is 0 Å². The second-order valence-electron chi connectivity index (χ2n) is 5.56. The van der Waals surface area contributed by atoms with Crippen molar-refractivity contribution < 1.29 is 4.74 Å². The Labute approximate surface area is 123 Å². The van der Waals surface area contributed by atoms with Crippen molar-refractivity contribution in [3.63, 3.8) is 0 Å². The predicted molar refractivity (Wildman–Crippen MR) is 83.4 cm³/mol. The van der Waals surface area contributed by atoms with Crippen molar-refractivity contribution in [2.75, 3.05) is 12.8 Å². The third-order valence-electron chi connectivity index (χ3n) is 3.75. The first-order valence-corrected chi connectivity index (χ1v) is 6.78. The highest BCUT2D eigenvalue weighted by molar-refractivity contribution is 5.71. The molecule has 0 atom stereocenters. The monoisotopic (exact) mass is 282 g/mol. The van der Waals surface area contributed by atoms with E-state index < -0.39 is 0 Å². The molecule has 2 heterocycles. The zero-order valence-electron chi connectivity index (χ0n) is 12.3. The van der Waals surface area contributed by atoms with Gasteiger partial charge in [-0.05, 0) is 37.6 Å². The van der Waals surface area contributed by atoms with E-state index in [1.807, 2.05) is 36.4 Å². The molecule has 0 radical (unpaired) electrons. The number of hydrogen-bond acceptors (Lipinski definition) is 4. The molecule has 0 spiro atoms. The first-order chi connectivity index (χ1) is 10.0.